The second kappa shape index (κ2) is 7.14. The van der Waals surface area contributed by atoms with Gasteiger partial charge < -0.3 is 10.1 Å². The molecule has 0 aliphatic heterocycles. The molecule has 21 heavy (non-hydrogen) atoms. The zero-order valence-corrected chi connectivity index (χ0v) is 12.9. The number of hydrogen-bond acceptors (Lipinski definition) is 2. The van der Waals surface area contributed by atoms with Crippen molar-refractivity contribution in [3.8, 4) is 5.75 Å². The number of rotatable bonds is 5. The quantitative estimate of drug-likeness (QED) is 0.914. The number of carbonyl (C=O) groups is 1. The first kappa shape index (κ1) is 15.4. The Bertz CT molecular complexity index is 613. The molecule has 110 valence electrons. The van der Waals surface area contributed by atoms with Crippen molar-refractivity contribution < 1.29 is 9.53 Å². The third-order valence-electron chi connectivity index (χ3n) is 3.12. The van der Waals surface area contributed by atoms with Crippen molar-refractivity contribution in [1.29, 1.82) is 0 Å². The van der Waals surface area contributed by atoms with Gasteiger partial charge in [-0.1, -0.05) is 41.9 Å². The fourth-order valence-corrected chi connectivity index (χ4v) is 2.14. The highest BCUT2D eigenvalue weighted by atomic mass is 35.5. The maximum Gasteiger partial charge on any atom is 0.261 e. The van der Waals surface area contributed by atoms with E-state index in [0.717, 1.165) is 11.1 Å². The Morgan fingerprint density at radius 3 is 2.62 bits per heavy atom. The van der Waals surface area contributed by atoms with Crippen LogP contribution in [0, 0.1) is 6.92 Å². The maximum atomic E-state index is 12.0. The van der Waals surface area contributed by atoms with E-state index in [1.54, 1.807) is 19.1 Å². The first-order valence-electron chi connectivity index (χ1n) is 6.80. The highest BCUT2D eigenvalue weighted by Gasteiger charge is 2.15. The lowest BCUT2D eigenvalue weighted by molar-refractivity contribution is -0.127. The van der Waals surface area contributed by atoms with Gasteiger partial charge in [-0.2, -0.15) is 0 Å². The van der Waals surface area contributed by atoms with E-state index in [-0.39, 0.29) is 5.91 Å². The van der Waals surface area contributed by atoms with Crippen molar-refractivity contribution in [2.75, 3.05) is 0 Å². The summed E-state index contributed by atoms with van der Waals surface area (Å²) in [7, 11) is 0. The van der Waals surface area contributed by atoms with Crippen LogP contribution in [0.25, 0.3) is 0 Å². The average molecular weight is 304 g/mol. The van der Waals surface area contributed by atoms with Crippen molar-refractivity contribution in [2.45, 2.75) is 26.5 Å². The van der Waals surface area contributed by atoms with Gasteiger partial charge >= 0.3 is 0 Å². The van der Waals surface area contributed by atoms with Crippen molar-refractivity contribution in [3.63, 3.8) is 0 Å². The van der Waals surface area contributed by atoms with Crippen LogP contribution >= 0.6 is 11.6 Å². The molecular weight excluding hydrogens is 286 g/mol. The molecule has 3 nitrogen and oxygen atoms in total. The van der Waals surface area contributed by atoms with Crippen LogP contribution in [0.5, 0.6) is 5.75 Å². The Hall–Kier alpha value is -2.00. The third-order valence-corrected chi connectivity index (χ3v) is 3.35. The monoisotopic (exact) mass is 303 g/mol. The Kier molecular flexibility index (Phi) is 5.23. The predicted octanol–water partition coefficient (Wildman–Crippen LogP) is 3.73. The summed E-state index contributed by atoms with van der Waals surface area (Å²) in [6.45, 7) is 4.12. The number of nitrogens with one attached hydrogen (secondary N) is 1. The van der Waals surface area contributed by atoms with Gasteiger partial charge in [0.2, 0.25) is 0 Å². The summed E-state index contributed by atoms with van der Waals surface area (Å²) < 4.78 is 5.68. The van der Waals surface area contributed by atoms with Crippen molar-refractivity contribution in [1.82, 2.24) is 5.32 Å². The van der Waals surface area contributed by atoms with E-state index in [4.69, 9.17) is 16.3 Å². The topological polar surface area (TPSA) is 38.3 Å². The van der Waals surface area contributed by atoms with Gasteiger partial charge in [0.25, 0.3) is 5.91 Å². The highest BCUT2D eigenvalue weighted by molar-refractivity contribution is 6.30. The first-order valence-corrected chi connectivity index (χ1v) is 7.18. The molecule has 1 atom stereocenters. The van der Waals surface area contributed by atoms with Crippen LogP contribution in [0.15, 0.2) is 48.5 Å². The molecule has 1 N–H and O–H groups in total. The van der Waals surface area contributed by atoms with E-state index >= 15 is 0 Å². The van der Waals surface area contributed by atoms with Crippen LogP contribution in [0.4, 0.5) is 0 Å². The number of carbonyl (C=O) groups excluding carboxylic acids is 1. The molecule has 0 aliphatic carbocycles. The average Bonchev–Trinajstić information content (AvgIpc) is 2.48. The van der Waals surface area contributed by atoms with E-state index in [1.807, 2.05) is 43.3 Å². The molecule has 0 spiro atoms. The number of benzene rings is 2. The summed E-state index contributed by atoms with van der Waals surface area (Å²) in [5, 5.41) is 3.51. The van der Waals surface area contributed by atoms with Gasteiger partial charge in [-0.25, -0.2) is 0 Å². The standard InChI is InChI=1S/C17H18ClNO2/c1-12-10-15(18)8-9-16(12)21-13(2)17(20)19-11-14-6-4-3-5-7-14/h3-10,13H,11H2,1-2H3,(H,19,20)/t13-/m0/s1. The van der Waals surface area contributed by atoms with Crippen LogP contribution in [0.2, 0.25) is 5.02 Å². The highest BCUT2D eigenvalue weighted by Crippen LogP contribution is 2.22. The van der Waals surface area contributed by atoms with Gasteiger partial charge in [0.15, 0.2) is 6.10 Å². The van der Waals surface area contributed by atoms with Crippen molar-refractivity contribution >= 4 is 17.5 Å². The van der Waals surface area contributed by atoms with Crippen LogP contribution < -0.4 is 10.1 Å². The molecule has 0 radical (unpaired) electrons. The molecule has 4 heteroatoms. The Morgan fingerprint density at radius 2 is 1.95 bits per heavy atom. The third kappa shape index (κ3) is 4.50. The van der Waals surface area contributed by atoms with Gasteiger partial charge in [-0.05, 0) is 43.2 Å². The second-order valence-corrected chi connectivity index (χ2v) is 5.31. The van der Waals surface area contributed by atoms with Gasteiger partial charge in [0.05, 0.1) is 0 Å². The largest absolute Gasteiger partial charge is 0.481 e. The molecule has 2 rings (SSSR count). The molecule has 2 aromatic rings. The lowest BCUT2D eigenvalue weighted by Gasteiger charge is -2.16. The van der Waals surface area contributed by atoms with Gasteiger partial charge in [0, 0.05) is 11.6 Å². The van der Waals surface area contributed by atoms with Gasteiger partial charge in [-0.15, -0.1) is 0 Å². The smallest absolute Gasteiger partial charge is 0.261 e. The summed E-state index contributed by atoms with van der Waals surface area (Å²) in [4.78, 5) is 12.0. The molecule has 0 aliphatic rings. The molecule has 0 unspecified atom stereocenters. The molecule has 0 fully saturated rings. The normalized spacial score (nSPS) is 11.8. The molecule has 0 saturated carbocycles. The minimum atomic E-state index is -0.561. The van der Waals surface area contributed by atoms with E-state index in [0.29, 0.717) is 17.3 Å². The fourth-order valence-electron chi connectivity index (χ4n) is 1.92. The lowest BCUT2D eigenvalue weighted by Crippen LogP contribution is -2.36. The Labute approximate surface area is 129 Å². The number of halogens is 1. The van der Waals surface area contributed by atoms with Crippen LogP contribution in [0.1, 0.15) is 18.1 Å². The Balaban J connectivity index is 1.90. The van der Waals surface area contributed by atoms with Crippen LogP contribution in [-0.2, 0) is 11.3 Å². The number of ether oxygens (including phenoxy) is 1. The summed E-state index contributed by atoms with van der Waals surface area (Å²) in [5.41, 5.74) is 1.96. The predicted molar refractivity (Wildman–Crippen MR) is 84.6 cm³/mol. The minimum Gasteiger partial charge on any atom is -0.481 e. The van der Waals surface area contributed by atoms with Gasteiger partial charge in [-0.3, -0.25) is 4.79 Å². The van der Waals surface area contributed by atoms with E-state index in [9.17, 15) is 4.79 Å². The molecule has 0 bridgehead atoms. The van der Waals surface area contributed by atoms with E-state index in [2.05, 4.69) is 5.32 Å². The maximum absolute atomic E-state index is 12.0. The first-order chi connectivity index (χ1) is 10.1. The number of amides is 1. The lowest BCUT2D eigenvalue weighted by atomic mass is 10.2. The van der Waals surface area contributed by atoms with Crippen molar-refractivity contribution in [3.05, 3.63) is 64.7 Å². The number of hydrogen-bond donors (Lipinski definition) is 1. The summed E-state index contributed by atoms with van der Waals surface area (Å²) in [6.07, 6.45) is -0.561. The summed E-state index contributed by atoms with van der Waals surface area (Å²) >= 11 is 5.90. The van der Waals surface area contributed by atoms with Crippen LogP contribution in [-0.4, -0.2) is 12.0 Å². The fraction of sp³-hybridized carbons (Fsp3) is 0.235. The molecule has 2 aromatic carbocycles. The minimum absolute atomic E-state index is 0.145. The zero-order chi connectivity index (χ0) is 15.2. The Morgan fingerprint density at radius 1 is 1.24 bits per heavy atom. The zero-order valence-electron chi connectivity index (χ0n) is 12.1. The van der Waals surface area contributed by atoms with Crippen molar-refractivity contribution in [2.24, 2.45) is 0 Å². The molecule has 0 aromatic heterocycles. The van der Waals surface area contributed by atoms with E-state index < -0.39 is 6.10 Å². The molecule has 0 saturated heterocycles. The molecule has 1 amide bonds. The number of aryl methyl sites for hydroxylation is 1. The van der Waals surface area contributed by atoms with Crippen LogP contribution in [0.3, 0.4) is 0 Å². The summed E-state index contributed by atoms with van der Waals surface area (Å²) in [6, 6.07) is 15.1. The van der Waals surface area contributed by atoms with Gasteiger partial charge in [0.1, 0.15) is 5.75 Å². The SMILES string of the molecule is Cc1cc(Cl)ccc1O[C@@H](C)C(=O)NCc1ccccc1. The second-order valence-electron chi connectivity index (χ2n) is 4.87. The molecular formula is C17H18ClNO2. The molecule has 0 heterocycles. The summed E-state index contributed by atoms with van der Waals surface area (Å²) in [5.74, 6) is 0.523. The van der Waals surface area contributed by atoms with E-state index in [1.165, 1.54) is 0 Å².